The predicted molar refractivity (Wildman–Crippen MR) is 65.0 cm³/mol. The Morgan fingerprint density at radius 3 is 2.75 bits per heavy atom. The van der Waals surface area contributed by atoms with Crippen molar-refractivity contribution in [1.29, 1.82) is 0 Å². The molecule has 0 fully saturated rings. The average Bonchev–Trinajstić information content (AvgIpc) is 2.25. The number of anilines is 1. The number of likely N-dealkylation sites (N-methyl/N-ethyl adjacent to an activating group) is 2. The van der Waals surface area contributed by atoms with Crippen LogP contribution in [0.15, 0.2) is 18.2 Å². The molecular formula is C11H17N3O2. The zero-order chi connectivity index (χ0) is 12.1. The van der Waals surface area contributed by atoms with Crippen LogP contribution >= 0.6 is 0 Å². The number of hydrogen-bond acceptors (Lipinski definition) is 4. The van der Waals surface area contributed by atoms with Gasteiger partial charge in [0.2, 0.25) is 0 Å². The van der Waals surface area contributed by atoms with Crippen molar-refractivity contribution < 1.29 is 4.92 Å². The Morgan fingerprint density at radius 2 is 2.19 bits per heavy atom. The van der Waals surface area contributed by atoms with Crippen molar-refractivity contribution in [3.8, 4) is 0 Å². The van der Waals surface area contributed by atoms with E-state index in [1.165, 1.54) is 6.07 Å². The van der Waals surface area contributed by atoms with E-state index in [9.17, 15) is 10.1 Å². The second-order valence-electron chi connectivity index (χ2n) is 3.70. The van der Waals surface area contributed by atoms with Crippen molar-refractivity contribution >= 4 is 11.4 Å². The molecule has 1 N–H and O–H groups in total. The van der Waals surface area contributed by atoms with Crippen LogP contribution in [-0.2, 0) is 0 Å². The minimum Gasteiger partial charge on any atom is -0.373 e. The number of nitrogens with zero attached hydrogens (tertiary/aromatic N) is 2. The molecule has 0 unspecified atom stereocenters. The summed E-state index contributed by atoms with van der Waals surface area (Å²) in [6.07, 6.45) is 0. The van der Waals surface area contributed by atoms with E-state index in [1.807, 2.05) is 25.1 Å². The van der Waals surface area contributed by atoms with E-state index in [4.69, 9.17) is 0 Å². The number of benzene rings is 1. The third kappa shape index (κ3) is 2.70. The van der Waals surface area contributed by atoms with Gasteiger partial charge in [0, 0.05) is 37.5 Å². The van der Waals surface area contributed by atoms with Gasteiger partial charge in [-0.15, -0.1) is 0 Å². The van der Waals surface area contributed by atoms with Gasteiger partial charge in [-0.05, 0) is 20.0 Å². The average molecular weight is 223 g/mol. The van der Waals surface area contributed by atoms with Crippen molar-refractivity contribution in [2.24, 2.45) is 0 Å². The molecule has 16 heavy (non-hydrogen) atoms. The van der Waals surface area contributed by atoms with Crippen molar-refractivity contribution in [3.05, 3.63) is 33.9 Å². The van der Waals surface area contributed by atoms with Crippen LogP contribution < -0.4 is 10.2 Å². The predicted octanol–water partition coefficient (Wildman–Crippen LogP) is 1.56. The van der Waals surface area contributed by atoms with Crippen molar-refractivity contribution in [2.75, 3.05) is 32.1 Å². The molecule has 1 rings (SSSR count). The van der Waals surface area contributed by atoms with E-state index in [0.29, 0.717) is 5.56 Å². The van der Waals surface area contributed by atoms with Gasteiger partial charge in [0.25, 0.3) is 5.69 Å². The highest BCUT2D eigenvalue weighted by Gasteiger charge is 2.14. The molecule has 0 heterocycles. The van der Waals surface area contributed by atoms with E-state index in [-0.39, 0.29) is 10.6 Å². The zero-order valence-electron chi connectivity index (χ0n) is 9.86. The van der Waals surface area contributed by atoms with Gasteiger partial charge in [-0.1, -0.05) is 6.07 Å². The van der Waals surface area contributed by atoms with Crippen LogP contribution in [-0.4, -0.2) is 32.1 Å². The van der Waals surface area contributed by atoms with Crippen LogP contribution in [0.1, 0.15) is 5.56 Å². The van der Waals surface area contributed by atoms with Gasteiger partial charge in [0.05, 0.1) is 4.92 Å². The second-order valence-corrected chi connectivity index (χ2v) is 3.70. The minimum absolute atomic E-state index is 0.175. The van der Waals surface area contributed by atoms with Gasteiger partial charge in [-0.25, -0.2) is 0 Å². The molecule has 0 spiro atoms. The first kappa shape index (κ1) is 12.4. The summed E-state index contributed by atoms with van der Waals surface area (Å²) < 4.78 is 0. The number of nitrogens with one attached hydrogen (secondary N) is 1. The summed E-state index contributed by atoms with van der Waals surface area (Å²) in [7, 11) is 3.82. The quantitative estimate of drug-likeness (QED) is 0.608. The maximum absolute atomic E-state index is 10.8. The van der Waals surface area contributed by atoms with Gasteiger partial charge < -0.3 is 10.2 Å². The number of nitro groups is 1. The van der Waals surface area contributed by atoms with Gasteiger partial charge in [-0.3, -0.25) is 10.1 Å². The highest BCUT2D eigenvalue weighted by Crippen LogP contribution is 2.27. The van der Waals surface area contributed by atoms with E-state index >= 15 is 0 Å². The highest BCUT2D eigenvalue weighted by atomic mass is 16.6. The van der Waals surface area contributed by atoms with Gasteiger partial charge in [0.1, 0.15) is 0 Å². The fourth-order valence-electron chi connectivity index (χ4n) is 1.62. The Labute approximate surface area is 95.2 Å². The normalized spacial score (nSPS) is 10.2. The maximum Gasteiger partial charge on any atom is 0.274 e. The molecule has 1 aromatic carbocycles. The first-order valence-corrected chi connectivity index (χ1v) is 5.17. The van der Waals surface area contributed by atoms with E-state index in [2.05, 4.69) is 5.32 Å². The summed E-state index contributed by atoms with van der Waals surface area (Å²) in [5.41, 5.74) is 1.80. The Kier molecular flexibility index (Phi) is 4.25. The van der Waals surface area contributed by atoms with Crippen LogP contribution in [0, 0.1) is 17.0 Å². The Morgan fingerprint density at radius 1 is 1.50 bits per heavy atom. The number of hydrogen-bond donors (Lipinski definition) is 1. The van der Waals surface area contributed by atoms with Gasteiger partial charge >= 0.3 is 0 Å². The third-order valence-corrected chi connectivity index (χ3v) is 2.58. The smallest absolute Gasteiger partial charge is 0.274 e. The molecule has 0 aliphatic rings. The number of rotatable bonds is 5. The molecule has 0 aromatic heterocycles. The summed E-state index contributed by atoms with van der Waals surface area (Å²) >= 11 is 0. The summed E-state index contributed by atoms with van der Waals surface area (Å²) in [4.78, 5) is 12.5. The Bertz CT molecular complexity index is 379. The molecule has 88 valence electrons. The van der Waals surface area contributed by atoms with Crippen LogP contribution in [0.4, 0.5) is 11.4 Å². The zero-order valence-corrected chi connectivity index (χ0v) is 9.86. The van der Waals surface area contributed by atoms with Crippen LogP contribution in [0.3, 0.4) is 0 Å². The van der Waals surface area contributed by atoms with E-state index < -0.39 is 0 Å². The van der Waals surface area contributed by atoms with Crippen molar-refractivity contribution in [2.45, 2.75) is 6.92 Å². The number of nitro benzene ring substituents is 1. The molecule has 0 radical (unpaired) electrons. The topological polar surface area (TPSA) is 58.4 Å². The lowest BCUT2D eigenvalue weighted by atomic mass is 10.1. The fourth-order valence-corrected chi connectivity index (χ4v) is 1.62. The minimum atomic E-state index is -0.343. The molecule has 0 saturated heterocycles. The first-order valence-electron chi connectivity index (χ1n) is 5.17. The van der Waals surface area contributed by atoms with Crippen molar-refractivity contribution in [3.63, 3.8) is 0 Å². The second kappa shape index (κ2) is 5.46. The standard InChI is InChI=1S/C11H17N3O2/c1-9-10(13(3)8-7-12-2)5-4-6-11(9)14(15)16/h4-6,12H,7-8H2,1-3H3. The van der Waals surface area contributed by atoms with Crippen LogP contribution in [0.25, 0.3) is 0 Å². The lowest BCUT2D eigenvalue weighted by Gasteiger charge is -2.20. The molecule has 5 nitrogen and oxygen atoms in total. The molecule has 0 amide bonds. The van der Waals surface area contributed by atoms with Crippen LogP contribution in [0.5, 0.6) is 0 Å². The largest absolute Gasteiger partial charge is 0.373 e. The van der Waals surface area contributed by atoms with Gasteiger partial charge in [-0.2, -0.15) is 0 Å². The molecule has 0 aliphatic heterocycles. The van der Waals surface area contributed by atoms with Crippen molar-refractivity contribution in [1.82, 2.24) is 5.32 Å². The lowest BCUT2D eigenvalue weighted by molar-refractivity contribution is -0.385. The summed E-state index contributed by atoms with van der Waals surface area (Å²) in [5, 5.41) is 13.8. The molecule has 0 saturated carbocycles. The summed E-state index contributed by atoms with van der Waals surface area (Å²) in [6.45, 7) is 3.44. The molecule has 0 bridgehead atoms. The molecule has 0 atom stereocenters. The molecule has 5 heteroatoms. The highest BCUT2D eigenvalue weighted by molar-refractivity contribution is 5.60. The lowest BCUT2D eigenvalue weighted by Crippen LogP contribution is -2.27. The van der Waals surface area contributed by atoms with Gasteiger partial charge in [0.15, 0.2) is 0 Å². The molecule has 0 aliphatic carbocycles. The van der Waals surface area contributed by atoms with E-state index in [1.54, 1.807) is 13.0 Å². The molecule has 1 aromatic rings. The first-order chi connectivity index (χ1) is 7.57. The Hall–Kier alpha value is -1.62. The summed E-state index contributed by atoms with van der Waals surface area (Å²) in [5.74, 6) is 0. The monoisotopic (exact) mass is 223 g/mol. The van der Waals surface area contributed by atoms with E-state index in [0.717, 1.165) is 18.8 Å². The molecular weight excluding hydrogens is 206 g/mol. The van der Waals surface area contributed by atoms with Crippen LogP contribution in [0.2, 0.25) is 0 Å². The maximum atomic E-state index is 10.8. The SMILES string of the molecule is CNCCN(C)c1cccc([N+](=O)[O-])c1C. The third-order valence-electron chi connectivity index (χ3n) is 2.58. The summed E-state index contributed by atoms with van der Waals surface area (Å²) in [6, 6.07) is 5.15. The Balaban J connectivity index is 2.96. The fraction of sp³-hybridized carbons (Fsp3) is 0.455.